The van der Waals surface area contributed by atoms with Crippen molar-refractivity contribution in [2.75, 3.05) is 17.2 Å². The number of hydrogen-bond donors (Lipinski definition) is 1. The van der Waals surface area contributed by atoms with Crippen LogP contribution >= 0.6 is 11.6 Å². The van der Waals surface area contributed by atoms with E-state index in [1.807, 2.05) is 28.9 Å². The summed E-state index contributed by atoms with van der Waals surface area (Å²) < 4.78 is 1.82. The molecule has 1 aromatic carbocycles. The molecule has 4 aromatic rings. The van der Waals surface area contributed by atoms with Crippen molar-refractivity contribution in [3.63, 3.8) is 0 Å². The van der Waals surface area contributed by atoms with Gasteiger partial charge < -0.3 is 10.6 Å². The third-order valence-corrected chi connectivity index (χ3v) is 4.82. The van der Waals surface area contributed by atoms with Gasteiger partial charge in [-0.05, 0) is 30.2 Å². The highest BCUT2D eigenvalue weighted by atomic mass is 35.5. The molecule has 8 heteroatoms. The number of anilines is 3. The smallest absolute Gasteiger partial charge is 0.219 e. The van der Waals surface area contributed by atoms with E-state index in [1.54, 1.807) is 18.7 Å². The van der Waals surface area contributed by atoms with Crippen molar-refractivity contribution in [2.24, 2.45) is 0 Å². The second-order valence-corrected chi connectivity index (χ2v) is 6.58. The maximum Gasteiger partial charge on any atom is 0.219 e. The normalized spacial score (nSPS) is 13.3. The first-order chi connectivity index (χ1) is 12.7. The van der Waals surface area contributed by atoms with Crippen LogP contribution in [-0.4, -0.2) is 31.1 Å². The first-order valence-corrected chi connectivity index (χ1v) is 8.54. The maximum absolute atomic E-state index is 6.20. The van der Waals surface area contributed by atoms with E-state index in [0.717, 1.165) is 46.1 Å². The molecular formula is C18H14ClN7. The fourth-order valence-electron chi connectivity index (χ4n) is 3.34. The molecule has 0 fully saturated rings. The molecule has 5 rings (SSSR count). The van der Waals surface area contributed by atoms with Gasteiger partial charge >= 0.3 is 0 Å². The number of benzene rings is 1. The predicted octanol–water partition coefficient (Wildman–Crippen LogP) is 3.12. The van der Waals surface area contributed by atoms with Crippen molar-refractivity contribution < 1.29 is 0 Å². The molecule has 7 nitrogen and oxygen atoms in total. The van der Waals surface area contributed by atoms with Crippen molar-refractivity contribution in [1.82, 2.24) is 24.6 Å². The topological polar surface area (TPSA) is 85.2 Å². The monoisotopic (exact) mass is 363 g/mol. The molecule has 128 valence electrons. The summed E-state index contributed by atoms with van der Waals surface area (Å²) in [7, 11) is 0. The van der Waals surface area contributed by atoms with Crippen molar-refractivity contribution >= 4 is 34.6 Å². The van der Waals surface area contributed by atoms with Gasteiger partial charge in [0.05, 0.1) is 0 Å². The largest absolute Gasteiger partial charge is 0.368 e. The Morgan fingerprint density at radius 1 is 1.04 bits per heavy atom. The van der Waals surface area contributed by atoms with E-state index >= 15 is 0 Å². The van der Waals surface area contributed by atoms with E-state index in [9.17, 15) is 0 Å². The molecule has 0 radical (unpaired) electrons. The minimum Gasteiger partial charge on any atom is -0.368 e. The predicted molar refractivity (Wildman–Crippen MR) is 101 cm³/mol. The number of nitrogens with two attached hydrogens (primary N) is 1. The van der Waals surface area contributed by atoms with Gasteiger partial charge in [-0.1, -0.05) is 17.7 Å². The van der Waals surface area contributed by atoms with Crippen LogP contribution in [-0.2, 0) is 6.42 Å². The lowest BCUT2D eigenvalue weighted by atomic mass is 10.2. The third kappa shape index (κ3) is 2.36. The van der Waals surface area contributed by atoms with Gasteiger partial charge in [-0.15, -0.1) is 0 Å². The molecule has 0 saturated heterocycles. The van der Waals surface area contributed by atoms with Crippen LogP contribution in [0.3, 0.4) is 0 Å². The standard InChI is InChI=1S/C18H14ClN7/c19-14-2-1-11-3-4-25(15(11)6-14)17-16-5-12(9-26(16)24-10-23-17)13-7-21-18(20)22-8-13/h1-2,5-10H,3-4H2,(H2,20,21,22). The molecule has 1 aliphatic heterocycles. The lowest BCUT2D eigenvalue weighted by molar-refractivity contribution is 0.881. The summed E-state index contributed by atoms with van der Waals surface area (Å²) in [6, 6.07) is 8.02. The SMILES string of the molecule is Nc1ncc(-c2cc3c(N4CCc5ccc(Cl)cc54)ncnn3c2)cn1. The lowest BCUT2D eigenvalue weighted by Crippen LogP contribution is -2.16. The van der Waals surface area contributed by atoms with Crippen molar-refractivity contribution in [3.8, 4) is 11.1 Å². The van der Waals surface area contributed by atoms with E-state index in [4.69, 9.17) is 17.3 Å². The fraction of sp³-hybridized carbons (Fsp3) is 0.111. The van der Waals surface area contributed by atoms with Crippen LogP contribution in [0.2, 0.25) is 5.02 Å². The summed E-state index contributed by atoms with van der Waals surface area (Å²) >= 11 is 6.20. The van der Waals surface area contributed by atoms with Crippen LogP contribution in [0.4, 0.5) is 17.5 Å². The molecule has 26 heavy (non-hydrogen) atoms. The lowest BCUT2D eigenvalue weighted by Gasteiger charge is -2.19. The van der Waals surface area contributed by atoms with Gasteiger partial charge in [0.1, 0.15) is 11.8 Å². The average molecular weight is 364 g/mol. The van der Waals surface area contributed by atoms with Crippen LogP contribution in [0, 0.1) is 0 Å². The Hall–Kier alpha value is -3.19. The van der Waals surface area contributed by atoms with Crippen LogP contribution in [0.1, 0.15) is 5.56 Å². The first-order valence-electron chi connectivity index (χ1n) is 8.16. The number of nitrogen functional groups attached to an aromatic ring is 1. The molecule has 0 spiro atoms. The molecule has 0 aliphatic carbocycles. The van der Waals surface area contributed by atoms with E-state index in [1.165, 1.54) is 5.56 Å². The zero-order valence-corrected chi connectivity index (χ0v) is 14.4. The Balaban J connectivity index is 1.64. The molecule has 2 N–H and O–H groups in total. The number of fused-ring (bicyclic) bond motifs is 2. The molecule has 1 aliphatic rings. The number of rotatable bonds is 2. The molecule has 0 bridgehead atoms. The minimum atomic E-state index is 0.253. The second kappa shape index (κ2) is 5.67. The van der Waals surface area contributed by atoms with Gasteiger partial charge in [0.15, 0.2) is 5.82 Å². The highest BCUT2D eigenvalue weighted by Crippen LogP contribution is 2.37. The summed E-state index contributed by atoms with van der Waals surface area (Å²) in [4.78, 5) is 14.8. The maximum atomic E-state index is 6.20. The number of halogens is 1. The summed E-state index contributed by atoms with van der Waals surface area (Å²) in [5.41, 5.74) is 10.7. The van der Waals surface area contributed by atoms with Gasteiger partial charge in [-0.25, -0.2) is 19.5 Å². The number of hydrogen-bond acceptors (Lipinski definition) is 6. The number of nitrogens with zero attached hydrogens (tertiary/aromatic N) is 6. The van der Waals surface area contributed by atoms with E-state index in [-0.39, 0.29) is 5.95 Å². The molecule has 0 unspecified atom stereocenters. The van der Waals surface area contributed by atoms with Gasteiger partial charge in [-0.2, -0.15) is 5.10 Å². The van der Waals surface area contributed by atoms with Gasteiger partial charge in [0.2, 0.25) is 5.95 Å². The summed E-state index contributed by atoms with van der Waals surface area (Å²) in [6.45, 7) is 0.855. The molecule has 0 amide bonds. The van der Waals surface area contributed by atoms with Gasteiger partial charge in [-0.3, -0.25) is 0 Å². The Labute approximate surface area is 154 Å². The Morgan fingerprint density at radius 3 is 2.73 bits per heavy atom. The molecule has 3 aromatic heterocycles. The summed E-state index contributed by atoms with van der Waals surface area (Å²) in [6.07, 6.45) is 7.87. The van der Waals surface area contributed by atoms with Crippen LogP contribution in [0.5, 0.6) is 0 Å². The van der Waals surface area contributed by atoms with Crippen LogP contribution < -0.4 is 10.6 Å². The minimum absolute atomic E-state index is 0.253. The quantitative estimate of drug-likeness (QED) is 0.589. The zero-order chi connectivity index (χ0) is 17.7. The molecule has 0 saturated carbocycles. The second-order valence-electron chi connectivity index (χ2n) is 6.15. The Morgan fingerprint density at radius 2 is 1.88 bits per heavy atom. The Kier molecular flexibility index (Phi) is 3.29. The highest BCUT2D eigenvalue weighted by molar-refractivity contribution is 6.31. The van der Waals surface area contributed by atoms with E-state index in [0.29, 0.717) is 0 Å². The molecular weight excluding hydrogens is 350 g/mol. The van der Waals surface area contributed by atoms with Crippen molar-refractivity contribution in [3.05, 3.63) is 59.8 Å². The first kappa shape index (κ1) is 15.1. The van der Waals surface area contributed by atoms with E-state index in [2.05, 4.69) is 31.0 Å². The number of aromatic nitrogens is 5. The Bertz CT molecular complexity index is 1120. The third-order valence-electron chi connectivity index (χ3n) is 4.59. The van der Waals surface area contributed by atoms with Gasteiger partial charge in [0, 0.05) is 47.0 Å². The van der Waals surface area contributed by atoms with E-state index < -0.39 is 0 Å². The van der Waals surface area contributed by atoms with Crippen LogP contribution in [0.15, 0.2) is 49.2 Å². The summed E-state index contributed by atoms with van der Waals surface area (Å²) in [5, 5.41) is 5.06. The fourth-order valence-corrected chi connectivity index (χ4v) is 3.51. The molecule has 0 atom stereocenters. The zero-order valence-electron chi connectivity index (χ0n) is 13.7. The average Bonchev–Trinajstić information content (AvgIpc) is 3.25. The van der Waals surface area contributed by atoms with Crippen LogP contribution in [0.25, 0.3) is 16.6 Å². The van der Waals surface area contributed by atoms with Gasteiger partial charge in [0.25, 0.3) is 0 Å². The molecule has 4 heterocycles. The highest BCUT2D eigenvalue weighted by Gasteiger charge is 2.24. The van der Waals surface area contributed by atoms with Crippen molar-refractivity contribution in [1.29, 1.82) is 0 Å². The van der Waals surface area contributed by atoms with Crippen molar-refractivity contribution in [2.45, 2.75) is 6.42 Å². The summed E-state index contributed by atoms with van der Waals surface area (Å²) in [5.74, 6) is 1.10.